The summed E-state index contributed by atoms with van der Waals surface area (Å²) in [5.74, 6) is 0.588. The molecule has 0 spiro atoms. The molecule has 0 saturated heterocycles. The molecular formula is C21H34FIN6. The van der Waals surface area contributed by atoms with Crippen LogP contribution in [0.25, 0.3) is 0 Å². The Morgan fingerprint density at radius 2 is 2.00 bits per heavy atom. The second-order valence-electron chi connectivity index (χ2n) is 7.25. The molecule has 162 valence electrons. The van der Waals surface area contributed by atoms with Crippen LogP contribution in [0.1, 0.15) is 30.3 Å². The molecule has 2 rings (SSSR count). The number of rotatable bonds is 8. The molecule has 1 aromatic heterocycles. The summed E-state index contributed by atoms with van der Waals surface area (Å²) >= 11 is 0. The van der Waals surface area contributed by atoms with Gasteiger partial charge in [0.05, 0.1) is 11.4 Å². The lowest BCUT2D eigenvalue weighted by atomic mass is 10.1. The summed E-state index contributed by atoms with van der Waals surface area (Å²) in [6.45, 7) is 7.81. The third-order valence-corrected chi connectivity index (χ3v) is 5.00. The highest BCUT2D eigenvalue weighted by molar-refractivity contribution is 14.0. The number of aromatic nitrogens is 2. The maximum absolute atomic E-state index is 13.8. The lowest BCUT2D eigenvalue weighted by Crippen LogP contribution is -2.43. The molecule has 0 amide bonds. The Morgan fingerprint density at radius 3 is 2.59 bits per heavy atom. The minimum Gasteiger partial charge on any atom is -0.372 e. The van der Waals surface area contributed by atoms with Crippen molar-refractivity contribution in [3.63, 3.8) is 0 Å². The fourth-order valence-corrected chi connectivity index (χ4v) is 3.30. The quantitative estimate of drug-likeness (QED) is 0.245. The SMILES string of the molecule is CN=C(NCCCN(C)c1ccccc1F)NC(C)Cc1c(C)nn(C)c1C.I. The maximum Gasteiger partial charge on any atom is 0.191 e. The van der Waals surface area contributed by atoms with Crippen LogP contribution in [0.2, 0.25) is 0 Å². The van der Waals surface area contributed by atoms with Crippen molar-refractivity contribution in [2.24, 2.45) is 12.0 Å². The molecule has 29 heavy (non-hydrogen) atoms. The Hall–Kier alpha value is -1.84. The molecule has 1 atom stereocenters. The average Bonchev–Trinajstić information content (AvgIpc) is 2.90. The molecule has 0 bridgehead atoms. The van der Waals surface area contributed by atoms with Gasteiger partial charge in [0, 0.05) is 46.0 Å². The van der Waals surface area contributed by atoms with Gasteiger partial charge in [0.1, 0.15) is 5.82 Å². The van der Waals surface area contributed by atoms with Crippen LogP contribution in [-0.4, -0.2) is 49.0 Å². The van der Waals surface area contributed by atoms with E-state index >= 15 is 0 Å². The van der Waals surface area contributed by atoms with Gasteiger partial charge in [-0.3, -0.25) is 9.67 Å². The van der Waals surface area contributed by atoms with Crippen molar-refractivity contribution >= 4 is 35.6 Å². The van der Waals surface area contributed by atoms with Crippen molar-refractivity contribution < 1.29 is 4.39 Å². The standard InChI is InChI=1S/C21H33FN6.HI/c1-15(14-18-16(2)26-28(6)17(18)3)25-21(23-4)24-12-9-13-27(5)20-11-8-7-10-19(20)22;/h7-8,10-11,15H,9,12-14H2,1-6H3,(H2,23,24,25);1H. The molecule has 8 heteroatoms. The molecule has 0 aliphatic carbocycles. The van der Waals surface area contributed by atoms with Gasteiger partial charge in [-0.1, -0.05) is 12.1 Å². The fraction of sp³-hybridized carbons (Fsp3) is 0.524. The minimum atomic E-state index is -0.190. The summed E-state index contributed by atoms with van der Waals surface area (Å²) < 4.78 is 15.7. The van der Waals surface area contributed by atoms with Gasteiger partial charge >= 0.3 is 0 Å². The van der Waals surface area contributed by atoms with Crippen molar-refractivity contribution in [2.45, 2.75) is 39.7 Å². The molecule has 2 aromatic rings. The van der Waals surface area contributed by atoms with Crippen molar-refractivity contribution in [2.75, 3.05) is 32.1 Å². The summed E-state index contributed by atoms with van der Waals surface area (Å²) in [5, 5.41) is 11.3. The van der Waals surface area contributed by atoms with E-state index in [-0.39, 0.29) is 35.8 Å². The number of aliphatic imine (C=N–C) groups is 1. The third kappa shape index (κ3) is 7.17. The highest BCUT2D eigenvalue weighted by atomic mass is 127. The van der Waals surface area contributed by atoms with Crippen molar-refractivity contribution in [1.29, 1.82) is 0 Å². The number of anilines is 1. The molecule has 0 saturated carbocycles. The van der Waals surface area contributed by atoms with Crippen LogP contribution in [0.15, 0.2) is 29.3 Å². The lowest BCUT2D eigenvalue weighted by molar-refractivity contribution is 0.616. The molecule has 0 radical (unpaired) electrons. The first-order valence-corrected chi connectivity index (χ1v) is 9.75. The minimum absolute atomic E-state index is 0. The smallest absolute Gasteiger partial charge is 0.191 e. The number of para-hydroxylation sites is 1. The van der Waals surface area contributed by atoms with Gasteiger partial charge in [0.25, 0.3) is 0 Å². The monoisotopic (exact) mass is 516 g/mol. The zero-order valence-electron chi connectivity index (χ0n) is 18.3. The van der Waals surface area contributed by atoms with E-state index in [0.29, 0.717) is 5.69 Å². The van der Waals surface area contributed by atoms with Gasteiger partial charge in [-0.2, -0.15) is 5.10 Å². The molecule has 0 fully saturated rings. The van der Waals surface area contributed by atoms with Gasteiger partial charge in [-0.05, 0) is 51.3 Å². The zero-order valence-corrected chi connectivity index (χ0v) is 20.6. The zero-order chi connectivity index (χ0) is 20.7. The van der Waals surface area contributed by atoms with E-state index in [1.165, 1.54) is 17.3 Å². The molecular weight excluding hydrogens is 482 g/mol. The van der Waals surface area contributed by atoms with Crippen LogP contribution in [0, 0.1) is 19.7 Å². The summed E-state index contributed by atoms with van der Waals surface area (Å²) in [6, 6.07) is 7.08. The average molecular weight is 516 g/mol. The number of halogens is 2. The molecule has 6 nitrogen and oxygen atoms in total. The molecule has 0 aliphatic rings. The normalized spacial score (nSPS) is 12.3. The van der Waals surface area contributed by atoms with Gasteiger partial charge in [0.2, 0.25) is 0 Å². The lowest BCUT2D eigenvalue weighted by Gasteiger charge is -2.21. The van der Waals surface area contributed by atoms with E-state index in [9.17, 15) is 4.39 Å². The number of hydrogen-bond acceptors (Lipinski definition) is 3. The van der Waals surface area contributed by atoms with Crippen LogP contribution in [-0.2, 0) is 13.5 Å². The molecule has 0 aliphatic heterocycles. The van der Waals surface area contributed by atoms with E-state index in [0.717, 1.165) is 37.6 Å². The number of nitrogens with one attached hydrogen (secondary N) is 2. The van der Waals surface area contributed by atoms with Gasteiger partial charge in [-0.25, -0.2) is 4.39 Å². The predicted octanol–water partition coefficient (Wildman–Crippen LogP) is 3.42. The Morgan fingerprint density at radius 1 is 1.31 bits per heavy atom. The Balaban J connectivity index is 0.00000420. The second-order valence-corrected chi connectivity index (χ2v) is 7.25. The van der Waals surface area contributed by atoms with Crippen LogP contribution < -0.4 is 15.5 Å². The first kappa shape index (κ1) is 25.2. The molecule has 1 unspecified atom stereocenters. The third-order valence-electron chi connectivity index (χ3n) is 5.00. The highest BCUT2D eigenvalue weighted by Crippen LogP contribution is 2.17. The number of guanidine groups is 1. The molecule has 1 aromatic carbocycles. The maximum atomic E-state index is 13.8. The van der Waals surface area contributed by atoms with Crippen LogP contribution in [0.5, 0.6) is 0 Å². The highest BCUT2D eigenvalue weighted by Gasteiger charge is 2.14. The van der Waals surface area contributed by atoms with Crippen LogP contribution in [0.3, 0.4) is 0 Å². The number of benzene rings is 1. The summed E-state index contributed by atoms with van der Waals surface area (Å²) in [6.07, 6.45) is 1.77. The van der Waals surface area contributed by atoms with Gasteiger partial charge in [0.15, 0.2) is 5.96 Å². The summed E-state index contributed by atoms with van der Waals surface area (Å²) in [5.41, 5.74) is 4.18. The molecule has 1 heterocycles. The Kier molecular flexibility index (Phi) is 10.4. The molecule has 2 N–H and O–H groups in total. The van der Waals surface area contributed by atoms with E-state index in [2.05, 4.69) is 34.6 Å². The van der Waals surface area contributed by atoms with Crippen LogP contribution in [0.4, 0.5) is 10.1 Å². The van der Waals surface area contributed by atoms with E-state index in [4.69, 9.17) is 0 Å². The van der Waals surface area contributed by atoms with Gasteiger partial charge < -0.3 is 15.5 Å². The van der Waals surface area contributed by atoms with Gasteiger partial charge in [-0.15, -0.1) is 24.0 Å². The number of hydrogen-bond donors (Lipinski definition) is 2. The number of aryl methyl sites for hydroxylation is 2. The van der Waals surface area contributed by atoms with Crippen molar-refractivity contribution in [1.82, 2.24) is 20.4 Å². The predicted molar refractivity (Wildman–Crippen MR) is 130 cm³/mol. The Bertz CT molecular complexity index is 804. The van der Waals surface area contributed by atoms with E-state index in [1.807, 2.05) is 36.7 Å². The number of nitrogens with zero attached hydrogens (tertiary/aromatic N) is 4. The summed E-state index contributed by atoms with van der Waals surface area (Å²) in [7, 11) is 5.66. The van der Waals surface area contributed by atoms with E-state index in [1.54, 1.807) is 19.2 Å². The van der Waals surface area contributed by atoms with Crippen LogP contribution >= 0.6 is 24.0 Å². The van der Waals surface area contributed by atoms with Crippen molar-refractivity contribution in [3.8, 4) is 0 Å². The largest absolute Gasteiger partial charge is 0.372 e. The Labute approximate surface area is 191 Å². The second kappa shape index (κ2) is 12.0. The summed E-state index contributed by atoms with van der Waals surface area (Å²) in [4.78, 5) is 6.24. The fourth-order valence-electron chi connectivity index (χ4n) is 3.30. The van der Waals surface area contributed by atoms with Crippen molar-refractivity contribution in [3.05, 3.63) is 47.0 Å². The topological polar surface area (TPSA) is 57.5 Å². The van der Waals surface area contributed by atoms with E-state index < -0.39 is 0 Å². The first-order valence-electron chi connectivity index (χ1n) is 9.75. The first-order chi connectivity index (χ1) is 13.3.